The number of benzene rings is 1. The summed E-state index contributed by atoms with van der Waals surface area (Å²) in [5.74, 6) is 1.18. The predicted octanol–water partition coefficient (Wildman–Crippen LogP) is 2.49. The third kappa shape index (κ3) is 3.75. The Labute approximate surface area is 162 Å². The molecule has 144 valence electrons. The van der Waals surface area contributed by atoms with Gasteiger partial charge in [-0.3, -0.25) is 14.7 Å². The van der Waals surface area contributed by atoms with E-state index < -0.39 is 0 Å². The first-order valence-electron chi connectivity index (χ1n) is 9.33. The molecule has 7 nitrogen and oxygen atoms in total. The summed E-state index contributed by atoms with van der Waals surface area (Å²) in [6, 6.07) is 9.10. The quantitative estimate of drug-likeness (QED) is 0.709. The summed E-state index contributed by atoms with van der Waals surface area (Å²) in [6.45, 7) is 4.44. The number of pyridine rings is 1. The van der Waals surface area contributed by atoms with Crippen LogP contribution in [0.1, 0.15) is 23.7 Å². The van der Waals surface area contributed by atoms with Gasteiger partial charge in [0.1, 0.15) is 5.82 Å². The highest BCUT2D eigenvalue weighted by Crippen LogP contribution is 2.28. The van der Waals surface area contributed by atoms with E-state index >= 15 is 0 Å². The van der Waals surface area contributed by atoms with E-state index in [1.54, 1.807) is 18.5 Å². The summed E-state index contributed by atoms with van der Waals surface area (Å²) in [7, 11) is 0. The highest BCUT2D eigenvalue weighted by molar-refractivity contribution is 5.53. The van der Waals surface area contributed by atoms with Crippen molar-refractivity contribution in [3.8, 4) is 22.9 Å². The van der Waals surface area contributed by atoms with Gasteiger partial charge in [-0.2, -0.15) is 0 Å². The highest BCUT2D eigenvalue weighted by atomic mass is 16.5. The Hall–Kier alpha value is -3.19. The van der Waals surface area contributed by atoms with E-state index in [1.165, 1.54) is 0 Å². The molecule has 7 heteroatoms. The van der Waals surface area contributed by atoms with Crippen LogP contribution >= 0.6 is 0 Å². The number of hydrogen-bond donors (Lipinski definition) is 2. The van der Waals surface area contributed by atoms with Crippen LogP contribution in [0.2, 0.25) is 0 Å². The number of phenolic OH excluding ortho intramolecular Hbond substituents is 1. The lowest BCUT2D eigenvalue weighted by molar-refractivity contribution is 0.239. The molecule has 0 fully saturated rings. The summed E-state index contributed by atoms with van der Waals surface area (Å²) in [5, 5.41) is 9.88. The molecule has 0 saturated heterocycles. The Morgan fingerprint density at radius 1 is 1.32 bits per heavy atom. The van der Waals surface area contributed by atoms with Gasteiger partial charge in [0, 0.05) is 43.2 Å². The topological polar surface area (TPSA) is 91.3 Å². The largest absolute Gasteiger partial charge is 0.504 e. The van der Waals surface area contributed by atoms with Crippen LogP contribution in [0.25, 0.3) is 11.4 Å². The first-order chi connectivity index (χ1) is 13.6. The number of ether oxygens (including phenoxy) is 1. The number of aromatic nitrogens is 3. The number of aromatic amines is 1. The average Bonchev–Trinajstić information content (AvgIpc) is 2.71. The van der Waals surface area contributed by atoms with Crippen LogP contribution < -0.4 is 10.3 Å². The van der Waals surface area contributed by atoms with E-state index in [4.69, 9.17) is 9.72 Å². The van der Waals surface area contributed by atoms with Crippen LogP contribution in [0, 0.1) is 0 Å². The lowest BCUT2D eigenvalue weighted by atomic mass is 10.0. The van der Waals surface area contributed by atoms with Crippen molar-refractivity contribution in [2.45, 2.75) is 26.4 Å². The fourth-order valence-corrected chi connectivity index (χ4v) is 3.45. The molecule has 4 rings (SSSR count). The fourth-order valence-electron chi connectivity index (χ4n) is 3.45. The minimum absolute atomic E-state index is 0.0771. The maximum absolute atomic E-state index is 12.5. The second-order valence-electron chi connectivity index (χ2n) is 6.78. The maximum atomic E-state index is 12.5. The number of fused-ring (bicyclic) bond motifs is 1. The Morgan fingerprint density at radius 2 is 2.21 bits per heavy atom. The van der Waals surface area contributed by atoms with E-state index in [2.05, 4.69) is 14.9 Å². The molecule has 0 radical (unpaired) electrons. The van der Waals surface area contributed by atoms with E-state index in [1.807, 2.05) is 31.2 Å². The van der Waals surface area contributed by atoms with Crippen LogP contribution in [0.5, 0.6) is 11.5 Å². The molecule has 2 N–H and O–H groups in total. The zero-order chi connectivity index (χ0) is 19.5. The van der Waals surface area contributed by atoms with Crippen molar-refractivity contribution in [2.75, 3.05) is 13.2 Å². The summed E-state index contributed by atoms with van der Waals surface area (Å²) in [5.41, 5.74) is 3.32. The van der Waals surface area contributed by atoms with Crippen LogP contribution in [0.4, 0.5) is 0 Å². The molecule has 28 heavy (non-hydrogen) atoms. The SMILES string of the molecule is CCOc1cc(CN2CCc3c(nc(-c4cccnc4)[nH]c3=O)C2)ccc1O. The van der Waals surface area contributed by atoms with Crippen molar-refractivity contribution in [3.05, 3.63) is 69.9 Å². The van der Waals surface area contributed by atoms with Crippen LogP contribution in [0.15, 0.2) is 47.5 Å². The van der Waals surface area contributed by atoms with E-state index in [-0.39, 0.29) is 11.3 Å². The number of H-pyrrole nitrogens is 1. The van der Waals surface area contributed by atoms with Crippen LogP contribution in [-0.2, 0) is 19.5 Å². The minimum atomic E-state index is -0.0771. The van der Waals surface area contributed by atoms with Gasteiger partial charge in [0.05, 0.1) is 12.3 Å². The Bertz CT molecular complexity index is 1030. The molecule has 0 atom stereocenters. The third-order valence-electron chi connectivity index (χ3n) is 4.82. The van der Waals surface area contributed by atoms with Gasteiger partial charge in [-0.1, -0.05) is 6.07 Å². The van der Waals surface area contributed by atoms with Gasteiger partial charge in [-0.25, -0.2) is 4.98 Å². The number of phenols is 1. The summed E-state index contributed by atoms with van der Waals surface area (Å²) < 4.78 is 5.47. The molecule has 1 aliphatic rings. The Morgan fingerprint density at radius 3 is 3.00 bits per heavy atom. The smallest absolute Gasteiger partial charge is 0.254 e. The first-order valence-corrected chi connectivity index (χ1v) is 9.33. The van der Waals surface area contributed by atoms with Crippen molar-refractivity contribution in [3.63, 3.8) is 0 Å². The highest BCUT2D eigenvalue weighted by Gasteiger charge is 2.22. The molecule has 0 spiro atoms. The van der Waals surface area contributed by atoms with Crippen LogP contribution in [-0.4, -0.2) is 38.1 Å². The van der Waals surface area contributed by atoms with Crippen molar-refractivity contribution in [1.82, 2.24) is 19.9 Å². The molecule has 1 aliphatic heterocycles. The lowest BCUT2D eigenvalue weighted by Gasteiger charge is -2.28. The Kier molecular flexibility index (Phi) is 5.08. The number of nitrogens with one attached hydrogen (secondary N) is 1. The molecule has 2 aromatic heterocycles. The zero-order valence-corrected chi connectivity index (χ0v) is 15.7. The zero-order valence-electron chi connectivity index (χ0n) is 15.7. The molecule has 0 bridgehead atoms. The number of nitrogens with zero attached hydrogens (tertiary/aromatic N) is 3. The number of rotatable bonds is 5. The molecular weight excluding hydrogens is 356 g/mol. The molecule has 1 aromatic carbocycles. The predicted molar refractivity (Wildman–Crippen MR) is 105 cm³/mol. The second kappa shape index (κ2) is 7.82. The molecule has 0 saturated carbocycles. The van der Waals surface area contributed by atoms with Gasteiger partial charge >= 0.3 is 0 Å². The first kappa shape index (κ1) is 18.2. The summed E-state index contributed by atoms with van der Waals surface area (Å²) >= 11 is 0. The number of hydrogen-bond acceptors (Lipinski definition) is 6. The van der Waals surface area contributed by atoms with Gasteiger partial charge in [-0.15, -0.1) is 0 Å². The van der Waals surface area contributed by atoms with Crippen molar-refractivity contribution in [2.24, 2.45) is 0 Å². The van der Waals surface area contributed by atoms with E-state index in [0.717, 1.165) is 28.9 Å². The average molecular weight is 378 g/mol. The van der Waals surface area contributed by atoms with E-state index in [0.29, 0.717) is 37.7 Å². The number of aromatic hydroxyl groups is 1. The molecule has 0 unspecified atom stereocenters. The molecule has 3 aromatic rings. The van der Waals surface area contributed by atoms with Crippen molar-refractivity contribution < 1.29 is 9.84 Å². The van der Waals surface area contributed by atoms with Crippen LogP contribution in [0.3, 0.4) is 0 Å². The third-order valence-corrected chi connectivity index (χ3v) is 4.82. The Balaban J connectivity index is 1.57. The van der Waals surface area contributed by atoms with Gasteiger partial charge in [0.25, 0.3) is 5.56 Å². The molecule has 0 aliphatic carbocycles. The van der Waals surface area contributed by atoms with Gasteiger partial charge in [0.2, 0.25) is 0 Å². The second-order valence-corrected chi connectivity index (χ2v) is 6.78. The van der Waals surface area contributed by atoms with Gasteiger partial charge in [0.15, 0.2) is 11.5 Å². The lowest BCUT2D eigenvalue weighted by Crippen LogP contribution is -2.35. The maximum Gasteiger partial charge on any atom is 0.254 e. The van der Waals surface area contributed by atoms with Crippen molar-refractivity contribution >= 4 is 0 Å². The fraction of sp³-hybridized carbons (Fsp3) is 0.286. The molecule has 0 amide bonds. The molecular formula is C21H22N4O3. The monoisotopic (exact) mass is 378 g/mol. The normalized spacial score (nSPS) is 13.9. The molecule has 3 heterocycles. The van der Waals surface area contributed by atoms with E-state index in [9.17, 15) is 9.90 Å². The summed E-state index contributed by atoms with van der Waals surface area (Å²) in [6.07, 6.45) is 4.04. The standard InChI is InChI=1S/C21H22N4O3/c1-2-28-19-10-14(5-6-18(19)26)12-25-9-7-16-17(13-25)23-20(24-21(16)27)15-4-3-8-22-11-15/h3-6,8,10-11,26H,2,7,9,12-13H2,1H3,(H,23,24,27). The summed E-state index contributed by atoms with van der Waals surface area (Å²) in [4.78, 5) is 26.4. The van der Waals surface area contributed by atoms with Crippen molar-refractivity contribution in [1.29, 1.82) is 0 Å². The minimum Gasteiger partial charge on any atom is -0.504 e. The van der Waals surface area contributed by atoms with Gasteiger partial charge < -0.3 is 14.8 Å². The van der Waals surface area contributed by atoms with Gasteiger partial charge in [-0.05, 0) is 43.2 Å².